The summed E-state index contributed by atoms with van der Waals surface area (Å²) < 4.78 is 0. The van der Waals surface area contributed by atoms with Gasteiger partial charge in [-0.25, -0.2) is 0 Å². The Balaban J connectivity index is 1.78. The molecule has 0 aliphatic rings. The molecule has 0 saturated carbocycles. The summed E-state index contributed by atoms with van der Waals surface area (Å²) in [7, 11) is 0. The van der Waals surface area contributed by atoms with Gasteiger partial charge < -0.3 is 4.90 Å². The third-order valence-corrected chi connectivity index (χ3v) is 3.98. The molecule has 3 rings (SSSR count). The van der Waals surface area contributed by atoms with Crippen molar-refractivity contribution in [2.75, 3.05) is 6.54 Å². The average molecular weight is 320 g/mol. The molecule has 2 aromatic heterocycles. The number of aromatic amines is 1. The van der Waals surface area contributed by atoms with Crippen LogP contribution in [-0.4, -0.2) is 32.5 Å². The first-order valence-electron chi connectivity index (χ1n) is 7.96. The van der Waals surface area contributed by atoms with Crippen LogP contribution >= 0.6 is 0 Å². The molecule has 0 bridgehead atoms. The van der Waals surface area contributed by atoms with Gasteiger partial charge in [-0.2, -0.15) is 5.10 Å². The largest absolute Gasteiger partial charge is 0.334 e. The first-order valence-corrected chi connectivity index (χ1v) is 7.96. The summed E-state index contributed by atoms with van der Waals surface area (Å²) >= 11 is 0. The highest BCUT2D eigenvalue weighted by atomic mass is 16.2. The van der Waals surface area contributed by atoms with Gasteiger partial charge in [0.2, 0.25) is 0 Å². The van der Waals surface area contributed by atoms with Crippen molar-refractivity contribution in [2.45, 2.75) is 19.9 Å². The van der Waals surface area contributed by atoms with Crippen molar-refractivity contribution in [1.29, 1.82) is 0 Å². The monoisotopic (exact) mass is 320 g/mol. The van der Waals surface area contributed by atoms with Crippen LogP contribution in [0, 0.1) is 6.92 Å². The van der Waals surface area contributed by atoms with Gasteiger partial charge in [-0.05, 0) is 36.6 Å². The van der Waals surface area contributed by atoms with E-state index in [1.807, 2.05) is 42.2 Å². The molecule has 0 unspecified atom stereocenters. The molecule has 2 heterocycles. The number of aromatic nitrogens is 3. The number of hydrogen-bond donors (Lipinski definition) is 1. The second-order valence-electron chi connectivity index (χ2n) is 5.73. The molecule has 1 N–H and O–H groups in total. The van der Waals surface area contributed by atoms with Crippen LogP contribution in [0.1, 0.15) is 27.2 Å². The maximum atomic E-state index is 12.9. The van der Waals surface area contributed by atoms with E-state index in [2.05, 4.69) is 27.3 Å². The van der Waals surface area contributed by atoms with Gasteiger partial charge in [0.25, 0.3) is 5.91 Å². The number of nitrogens with zero attached hydrogens (tertiary/aromatic N) is 3. The molecule has 1 amide bonds. The van der Waals surface area contributed by atoms with E-state index < -0.39 is 0 Å². The summed E-state index contributed by atoms with van der Waals surface area (Å²) in [4.78, 5) is 18.8. The predicted octanol–water partition coefficient (Wildman–Crippen LogP) is 3.00. The Labute approximate surface area is 141 Å². The molecule has 122 valence electrons. The fourth-order valence-corrected chi connectivity index (χ4v) is 2.61. The van der Waals surface area contributed by atoms with Crippen molar-refractivity contribution >= 4 is 5.91 Å². The molecule has 1 aromatic carbocycles. The lowest BCUT2D eigenvalue weighted by Crippen LogP contribution is -2.32. The van der Waals surface area contributed by atoms with Crippen molar-refractivity contribution in [3.05, 3.63) is 83.4 Å². The van der Waals surface area contributed by atoms with E-state index in [9.17, 15) is 4.79 Å². The molecular formula is C19H20N4O. The molecule has 0 spiro atoms. The first-order chi connectivity index (χ1) is 11.7. The van der Waals surface area contributed by atoms with Crippen LogP contribution < -0.4 is 0 Å². The van der Waals surface area contributed by atoms with E-state index in [0.29, 0.717) is 18.7 Å². The molecular weight excluding hydrogens is 300 g/mol. The van der Waals surface area contributed by atoms with E-state index in [1.165, 1.54) is 5.56 Å². The van der Waals surface area contributed by atoms with E-state index in [4.69, 9.17) is 0 Å². The summed E-state index contributed by atoms with van der Waals surface area (Å²) in [6, 6.07) is 14.1. The van der Waals surface area contributed by atoms with Crippen molar-refractivity contribution in [1.82, 2.24) is 20.1 Å². The summed E-state index contributed by atoms with van der Waals surface area (Å²) in [6.45, 7) is 3.07. The third kappa shape index (κ3) is 3.87. The molecule has 0 aliphatic heterocycles. The average Bonchev–Trinajstić information content (AvgIpc) is 3.06. The summed E-state index contributed by atoms with van der Waals surface area (Å²) in [5.41, 5.74) is 3.69. The minimum Gasteiger partial charge on any atom is -0.334 e. The number of aryl methyl sites for hydroxylation is 1. The van der Waals surface area contributed by atoms with Gasteiger partial charge in [-0.15, -0.1) is 0 Å². The maximum Gasteiger partial charge on any atom is 0.257 e. The second-order valence-corrected chi connectivity index (χ2v) is 5.73. The van der Waals surface area contributed by atoms with E-state index in [1.54, 1.807) is 18.6 Å². The predicted molar refractivity (Wildman–Crippen MR) is 92.4 cm³/mol. The van der Waals surface area contributed by atoms with Crippen molar-refractivity contribution in [3.63, 3.8) is 0 Å². The third-order valence-electron chi connectivity index (χ3n) is 3.98. The number of nitrogens with one attached hydrogen (secondary N) is 1. The molecule has 0 aliphatic carbocycles. The standard InChI is InChI=1S/C19H20N4O/c1-15-18(13-21-22-15)19(24)23(14-17-7-10-20-11-8-17)12-9-16-5-3-2-4-6-16/h2-8,10-11,13H,9,12,14H2,1H3,(H,21,22). The number of carbonyl (C=O) groups is 1. The highest BCUT2D eigenvalue weighted by Crippen LogP contribution is 2.13. The Morgan fingerprint density at radius 2 is 1.83 bits per heavy atom. The van der Waals surface area contributed by atoms with Gasteiger partial charge in [0.15, 0.2) is 0 Å². The van der Waals surface area contributed by atoms with Crippen molar-refractivity contribution < 1.29 is 4.79 Å². The molecule has 24 heavy (non-hydrogen) atoms. The normalized spacial score (nSPS) is 10.5. The number of pyridine rings is 1. The van der Waals surface area contributed by atoms with Crippen LogP contribution in [0.5, 0.6) is 0 Å². The number of H-pyrrole nitrogens is 1. The molecule has 3 aromatic rings. The van der Waals surface area contributed by atoms with Crippen LogP contribution in [0.3, 0.4) is 0 Å². The van der Waals surface area contributed by atoms with Crippen LogP contribution in [-0.2, 0) is 13.0 Å². The molecule has 5 heteroatoms. The smallest absolute Gasteiger partial charge is 0.257 e. The van der Waals surface area contributed by atoms with E-state index in [-0.39, 0.29) is 5.91 Å². The molecule has 0 saturated heterocycles. The highest BCUT2D eigenvalue weighted by molar-refractivity contribution is 5.95. The number of carbonyl (C=O) groups excluding carboxylic acids is 1. The fourth-order valence-electron chi connectivity index (χ4n) is 2.61. The number of hydrogen-bond acceptors (Lipinski definition) is 3. The Bertz CT molecular complexity index is 783. The highest BCUT2D eigenvalue weighted by Gasteiger charge is 2.19. The molecule has 0 radical (unpaired) electrons. The lowest BCUT2D eigenvalue weighted by atomic mass is 10.1. The number of benzene rings is 1. The van der Waals surface area contributed by atoms with Gasteiger partial charge in [-0.3, -0.25) is 14.9 Å². The second kappa shape index (κ2) is 7.55. The topological polar surface area (TPSA) is 61.9 Å². The van der Waals surface area contributed by atoms with Crippen LogP contribution in [0.25, 0.3) is 0 Å². The lowest BCUT2D eigenvalue weighted by Gasteiger charge is -2.23. The SMILES string of the molecule is Cc1[nH]ncc1C(=O)N(CCc1ccccc1)Cc1ccncc1. The summed E-state index contributed by atoms with van der Waals surface area (Å²) in [5.74, 6) is -0.00556. The number of amides is 1. The maximum absolute atomic E-state index is 12.9. The van der Waals surface area contributed by atoms with Gasteiger partial charge in [0.1, 0.15) is 0 Å². The summed E-state index contributed by atoms with van der Waals surface area (Å²) in [6.07, 6.45) is 5.91. The molecule has 0 atom stereocenters. The van der Waals surface area contributed by atoms with Crippen molar-refractivity contribution in [2.24, 2.45) is 0 Å². The first kappa shape index (κ1) is 15.9. The van der Waals surface area contributed by atoms with E-state index >= 15 is 0 Å². The van der Waals surface area contributed by atoms with Gasteiger partial charge in [0, 0.05) is 31.2 Å². The van der Waals surface area contributed by atoms with Crippen LogP contribution in [0.15, 0.2) is 61.1 Å². The van der Waals surface area contributed by atoms with Gasteiger partial charge in [0.05, 0.1) is 11.8 Å². The Hall–Kier alpha value is -2.95. The van der Waals surface area contributed by atoms with Crippen LogP contribution in [0.2, 0.25) is 0 Å². The zero-order valence-corrected chi connectivity index (χ0v) is 13.6. The Morgan fingerprint density at radius 3 is 2.50 bits per heavy atom. The zero-order chi connectivity index (χ0) is 16.8. The lowest BCUT2D eigenvalue weighted by molar-refractivity contribution is 0.0744. The number of rotatable bonds is 6. The van der Waals surface area contributed by atoms with Crippen LogP contribution in [0.4, 0.5) is 0 Å². The quantitative estimate of drug-likeness (QED) is 0.759. The zero-order valence-electron chi connectivity index (χ0n) is 13.6. The Kier molecular flexibility index (Phi) is 5.01. The van der Waals surface area contributed by atoms with Crippen molar-refractivity contribution in [3.8, 4) is 0 Å². The summed E-state index contributed by atoms with van der Waals surface area (Å²) in [5, 5.41) is 6.80. The molecule has 5 nitrogen and oxygen atoms in total. The van der Waals surface area contributed by atoms with Gasteiger partial charge in [-0.1, -0.05) is 30.3 Å². The fraction of sp³-hybridized carbons (Fsp3) is 0.211. The minimum atomic E-state index is -0.00556. The minimum absolute atomic E-state index is 0.00556. The van der Waals surface area contributed by atoms with E-state index in [0.717, 1.165) is 17.7 Å². The van der Waals surface area contributed by atoms with Gasteiger partial charge >= 0.3 is 0 Å². The molecule has 0 fully saturated rings. The Morgan fingerprint density at radius 1 is 1.08 bits per heavy atom.